The topological polar surface area (TPSA) is 54.5 Å². The van der Waals surface area contributed by atoms with Crippen LogP contribution in [0.5, 0.6) is 0 Å². The van der Waals surface area contributed by atoms with Crippen molar-refractivity contribution >= 4 is 28.2 Å². The van der Waals surface area contributed by atoms with Gasteiger partial charge in [0, 0.05) is 25.4 Å². The number of halogens is 3. The third-order valence-corrected chi connectivity index (χ3v) is 5.76. The third kappa shape index (κ3) is 3.16. The Labute approximate surface area is 151 Å². The SMILES string of the molecule is O=C1C[C@@H](c2ccccc2C(F)(F)F)c2sc(N3CCOCC3)nc2N1. The molecule has 0 radical (unpaired) electrons. The summed E-state index contributed by atoms with van der Waals surface area (Å²) < 4.78 is 45.6. The van der Waals surface area contributed by atoms with Crippen molar-refractivity contribution in [2.45, 2.75) is 18.5 Å². The molecule has 2 aliphatic heterocycles. The number of nitrogens with zero attached hydrogens (tertiary/aromatic N) is 2. The highest BCUT2D eigenvalue weighted by Crippen LogP contribution is 2.46. The number of anilines is 2. The molecule has 4 rings (SSSR count). The van der Waals surface area contributed by atoms with Gasteiger partial charge in [0.2, 0.25) is 5.91 Å². The Morgan fingerprint density at radius 2 is 1.96 bits per heavy atom. The number of amides is 1. The summed E-state index contributed by atoms with van der Waals surface area (Å²) >= 11 is 1.34. The van der Waals surface area contributed by atoms with E-state index in [1.54, 1.807) is 6.07 Å². The number of morpholine rings is 1. The maximum absolute atomic E-state index is 13.4. The second-order valence-corrected chi connectivity index (χ2v) is 7.21. The second-order valence-electron chi connectivity index (χ2n) is 6.20. The Bertz CT molecular complexity index is 831. The number of carbonyl (C=O) groups excluding carboxylic acids is 1. The van der Waals surface area contributed by atoms with Crippen LogP contribution in [-0.4, -0.2) is 37.2 Å². The highest BCUT2D eigenvalue weighted by atomic mass is 32.1. The fraction of sp³-hybridized carbons (Fsp3) is 0.412. The van der Waals surface area contributed by atoms with Gasteiger partial charge in [0.05, 0.1) is 23.7 Å². The van der Waals surface area contributed by atoms with Gasteiger partial charge < -0.3 is 15.0 Å². The molecule has 1 fully saturated rings. The zero-order chi connectivity index (χ0) is 18.3. The largest absolute Gasteiger partial charge is 0.416 e. The first kappa shape index (κ1) is 17.3. The molecule has 0 saturated carbocycles. The van der Waals surface area contributed by atoms with Gasteiger partial charge in [0.15, 0.2) is 5.13 Å². The van der Waals surface area contributed by atoms with Crippen molar-refractivity contribution in [2.24, 2.45) is 0 Å². The maximum atomic E-state index is 13.4. The van der Waals surface area contributed by atoms with Crippen molar-refractivity contribution in [2.75, 3.05) is 36.5 Å². The van der Waals surface area contributed by atoms with Crippen molar-refractivity contribution in [3.8, 4) is 0 Å². The summed E-state index contributed by atoms with van der Waals surface area (Å²) in [4.78, 5) is 19.3. The molecular weight excluding hydrogens is 367 g/mol. The zero-order valence-corrected chi connectivity index (χ0v) is 14.5. The summed E-state index contributed by atoms with van der Waals surface area (Å²) in [5.41, 5.74) is -0.583. The molecular formula is C17H16F3N3O2S. The first-order valence-electron chi connectivity index (χ1n) is 8.23. The molecule has 2 aliphatic rings. The molecule has 26 heavy (non-hydrogen) atoms. The average Bonchev–Trinajstić information content (AvgIpc) is 3.05. The van der Waals surface area contributed by atoms with Crippen molar-refractivity contribution in [3.05, 3.63) is 40.3 Å². The molecule has 1 aromatic heterocycles. The number of nitrogens with one attached hydrogen (secondary N) is 1. The Morgan fingerprint density at radius 3 is 2.69 bits per heavy atom. The van der Waals surface area contributed by atoms with E-state index in [-0.39, 0.29) is 17.9 Å². The zero-order valence-electron chi connectivity index (χ0n) is 13.7. The minimum atomic E-state index is -4.47. The number of alkyl halides is 3. The third-order valence-electron chi connectivity index (χ3n) is 4.53. The van der Waals surface area contributed by atoms with E-state index in [0.29, 0.717) is 42.1 Å². The molecule has 2 aromatic rings. The van der Waals surface area contributed by atoms with Gasteiger partial charge >= 0.3 is 6.18 Å². The molecule has 0 bridgehead atoms. The molecule has 0 aliphatic carbocycles. The molecule has 0 unspecified atom stereocenters. The Kier molecular flexibility index (Phi) is 4.36. The van der Waals surface area contributed by atoms with Crippen molar-refractivity contribution < 1.29 is 22.7 Å². The number of thiazole rings is 1. The summed E-state index contributed by atoms with van der Waals surface area (Å²) in [5, 5.41) is 3.40. The van der Waals surface area contributed by atoms with Crippen LogP contribution in [-0.2, 0) is 15.7 Å². The summed E-state index contributed by atoms with van der Waals surface area (Å²) in [6, 6.07) is 5.44. The van der Waals surface area contributed by atoms with Crippen molar-refractivity contribution in [3.63, 3.8) is 0 Å². The van der Waals surface area contributed by atoms with Crippen molar-refractivity contribution in [1.29, 1.82) is 0 Å². The van der Waals surface area contributed by atoms with Crippen LogP contribution in [0.15, 0.2) is 24.3 Å². The van der Waals surface area contributed by atoms with E-state index < -0.39 is 17.7 Å². The van der Waals surface area contributed by atoms with E-state index in [1.807, 2.05) is 4.90 Å². The number of benzene rings is 1. The second kappa shape index (κ2) is 6.55. The molecule has 9 heteroatoms. The fourth-order valence-corrected chi connectivity index (χ4v) is 4.50. The summed E-state index contributed by atoms with van der Waals surface area (Å²) in [7, 11) is 0. The quantitative estimate of drug-likeness (QED) is 0.863. The van der Waals surface area contributed by atoms with Gasteiger partial charge in [-0.3, -0.25) is 4.79 Å². The number of ether oxygens (including phenoxy) is 1. The molecule has 5 nitrogen and oxygen atoms in total. The lowest BCUT2D eigenvalue weighted by Crippen LogP contribution is -2.36. The van der Waals surface area contributed by atoms with Crippen LogP contribution in [0.3, 0.4) is 0 Å². The van der Waals surface area contributed by atoms with Crippen LogP contribution in [0.4, 0.5) is 24.1 Å². The molecule has 1 aromatic carbocycles. The normalized spacial score (nSPS) is 20.7. The lowest BCUT2D eigenvalue weighted by molar-refractivity contribution is -0.138. The minimum Gasteiger partial charge on any atom is -0.378 e. The average molecular weight is 383 g/mol. The van der Waals surface area contributed by atoms with Crippen LogP contribution in [0.2, 0.25) is 0 Å². The lowest BCUT2D eigenvalue weighted by atomic mass is 9.88. The predicted octanol–water partition coefficient (Wildman–Crippen LogP) is 3.47. The monoisotopic (exact) mass is 383 g/mol. The van der Waals surface area contributed by atoms with Gasteiger partial charge in [-0.25, -0.2) is 4.98 Å². The summed E-state index contributed by atoms with van der Waals surface area (Å²) in [6.45, 7) is 2.50. The smallest absolute Gasteiger partial charge is 0.378 e. The number of hydrogen-bond acceptors (Lipinski definition) is 5. The number of fused-ring (bicyclic) bond motifs is 1. The molecule has 1 amide bonds. The van der Waals surface area contributed by atoms with E-state index in [2.05, 4.69) is 10.3 Å². The minimum absolute atomic E-state index is 0.0230. The molecule has 0 spiro atoms. The van der Waals surface area contributed by atoms with E-state index in [4.69, 9.17) is 4.74 Å². The van der Waals surface area contributed by atoms with E-state index in [9.17, 15) is 18.0 Å². The highest BCUT2D eigenvalue weighted by molar-refractivity contribution is 7.16. The highest BCUT2D eigenvalue weighted by Gasteiger charge is 2.39. The molecule has 1 atom stereocenters. The lowest BCUT2D eigenvalue weighted by Gasteiger charge is -2.26. The fourth-order valence-electron chi connectivity index (χ4n) is 3.31. The van der Waals surface area contributed by atoms with Gasteiger partial charge in [-0.2, -0.15) is 13.2 Å². The Morgan fingerprint density at radius 1 is 1.23 bits per heavy atom. The van der Waals surface area contributed by atoms with Gasteiger partial charge in [0.25, 0.3) is 0 Å². The first-order valence-corrected chi connectivity index (χ1v) is 9.04. The summed E-state index contributed by atoms with van der Waals surface area (Å²) in [6.07, 6.45) is -4.49. The van der Waals surface area contributed by atoms with Gasteiger partial charge in [-0.1, -0.05) is 29.5 Å². The van der Waals surface area contributed by atoms with E-state index in [0.717, 1.165) is 6.07 Å². The van der Waals surface area contributed by atoms with Crippen LogP contribution < -0.4 is 10.2 Å². The summed E-state index contributed by atoms with van der Waals surface area (Å²) in [5.74, 6) is -0.600. The van der Waals surface area contributed by atoms with Crippen molar-refractivity contribution in [1.82, 2.24) is 4.98 Å². The molecule has 138 valence electrons. The van der Waals surface area contributed by atoms with E-state index in [1.165, 1.54) is 23.5 Å². The van der Waals surface area contributed by atoms with E-state index >= 15 is 0 Å². The Balaban J connectivity index is 1.76. The van der Waals surface area contributed by atoms with Crippen LogP contribution in [0.1, 0.15) is 28.3 Å². The van der Waals surface area contributed by atoms with Gasteiger partial charge in [-0.15, -0.1) is 0 Å². The Hall–Kier alpha value is -2.13. The van der Waals surface area contributed by atoms with Gasteiger partial charge in [-0.05, 0) is 11.6 Å². The van der Waals surface area contributed by atoms with Crippen LogP contribution >= 0.6 is 11.3 Å². The number of hydrogen-bond donors (Lipinski definition) is 1. The molecule has 1 N–H and O–H groups in total. The number of rotatable bonds is 2. The van der Waals surface area contributed by atoms with Crippen LogP contribution in [0, 0.1) is 0 Å². The standard InChI is InChI=1S/C17H16F3N3O2S/c18-17(19,20)12-4-2-1-3-10(12)11-9-13(24)21-15-14(11)26-16(22-15)23-5-7-25-8-6-23/h1-4,11H,5-9H2,(H,21,24)/t11-/m0/s1. The van der Waals surface area contributed by atoms with Gasteiger partial charge in [0.1, 0.15) is 5.82 Å². The van der Waals surface area contributed by atoms with Crippen LogP contribution in [0.25, 0.3) is 0 Å². The predicted molar refractivity (Wildman–Crippen MR) is 91.7 cm³/mol. The number of aromatic nitrogens is 1. The maximum Gasteiger partial charge on any atom is 0.416 e. The number of carbonyl (C=O) groups is 1. The molecule has 1 saturated heterocycles. The first-order chi connectivity index (χ1) is 12.4. The molecule has 3 heterocycles.